The molecule has 0 aliphatic heterocycles. The molecule has 3 nitrogen and oxygen atoms in total. The summed E-state index contributed by atoms with van der Waals surface area (Å²) in [5.41, 5.74) is 1.41. The zero-order chi connectivity index (χ0) is 13.8. The van der Waals surface area contributed by atoms with Gasteiger partial charge in [0, 0.05) is 17.3 Å². The van der Waals surface area contributed by atoms with E-state index in [1.165, 1.54) is 20.1 Å². The molecule has 0 spiro atoms. The van der Waals surface area contributed by atoms with Crippen molar-refractivity contribution in [1.82, 2.24) is 0 Å². The molecule has 0 bridgehead atoms. The fraction of sp³-hybridized carbons (Fsp3) is 0.133. The van der Waals surface area contributed by atoms with Gasteiger partial charge in [0.05, 0.1) is 12.8 Å². The average molecular weight is 259 g/mol. The summed E-state index contributed by atoms with van der Waals surface area (Å²) in [6.45, 7) is 1.48. The molecule has 0 amide bonds. The normalized spacial score (nSPS) is 10.1. The maximum atomic E-state index is 13.8. The van der Waals surface area contributed by atoms with Crippen LogP contribution in [0.1, 0.15) is 17.3 Å². The molecular formula is C15H14FNO2. The standard InChI is InChI=1S/C15H14FNO2/c1-10(18)12-5-3-4-6-14(12)17-15-8-7-11(19-2)9-13(15)16/h3-9,17H,1-2H3. The van der Waals surface area contributed by atoms with E-state index in [0.29, 0.717) is 22.7 Å². The lowest BCUT2D eigenvalue weighted by Crippen LogP contribution is -2.01. The number of carbonyl (C=O) groups excluding carboxylic acids is 1. The molecule has 0 aliphatic carbocycles. The minimum atomic E-state index is -0.433. The molecule has 0 radical (unpaired) electrons. The van der Waals surface area contributed by atoms with Gasteiger partial charge in [0.2, 0.25) is 0 Å². The molecule has 2 rings (SSSR count). The van der Waals surface area contributed by atoms with E-state index in [2.05, 4.69) is 5.32 Å². The van der Waals surface area contributed by atoms with Gasteiger partial charge in [0.15, 0.2) is 5.78 Å². The Morgan fingerprint density at radius 3 is 2.53 bits per heavy atom. The van der Waals surface area contributed by atoms with Gasteiger partial charge in [-0.05, 0) is 31.2 Å². The summed E-state index contributed by atoms with van der Waals surface area (Å²) in [6, 6.07) is 11.5. The van der Waals surface area contributed by atoms with E-state index in [9.17, 15) is 9.18 Å². The van der Waals surface area contributed by atoms with E-state index in [4.69, 9.17) is 4.74 Å². The predicted molar refractivity (Wildman–Crippen MR) is 72.7 cm³/mol. The summed E-state index contributed by atoms with van der Waals surface area (Å²) in [7, 11) is 1.48. The molecule has 98 valence electrons. The minimum Gasteiger partial charge on any atom is -0.497 e. The van der Waals surface area contributed by atoms with E-state index < -0.39 is 5.82 Å². The van der Waals surface area contributed by atoms with Crippen molar-refractivity contribution in [2.75, 3.05) is 12.4 Å². The number of anilines is 2. The van der Waals surface area contributed by atoms with Gasteiger partial charge in [-0.25, -0.2) is 4.39 Å². The number of methoxy groups -OCH3 is 1. The summed E-state index contributed by atoms with van der Waals surface area (Å²) in [5.74, 6) is -0.0578. The number of hydrogen-bond donors (Lipinski definition) is 1. The molecule has 0 aliphatic rings. The van der Waals surface area contributed by atoms with Gasteiger partial charge < -0.3 is 10.1 Å². The van der Waals surface area contributed by atoms with Crippen LogP contribution in [0.2, 0.25) is 0 Å². The highest BCUT2D eigenvalue weighted by Gasteiger charge is 2.09. The van der Waals surface area contributed by atoms with Crippen molar-refractivity contribution in [1.29, 1.82) is 0 Å². The van der Waals surface area contributed by atoms with Gasteiger partial charge in [-0.1, -0.05) is 12.1 Å². The maximum absolute atomic E-state index is 13.8. The van der Waals surface area contributed by atoms with Crippen LogP contribution >= 0.6 is 0 Å². The van der Waals surface area contributed by atoms with Crippen LogP contribution in [0.15, 0.2) is 42.5 Å². The maximum Gasteiger partial charge on any atom is 0.161 e. The first-order valence-corrected chi connectivity index (χ1v) is 5.82. The van der Waals surface area contributed by atoms with Gasteiger partial charge in [-0.2, -0.15) is 0 Å². The van der Waals surface area contributed by atoms with E-state index >= 15 is 0 Å². The van der Waals surface area contributed by atoms with Crippen LogP contribution in [0.3, 0.4) is 0 Å². The first-order valence-electron chi connectivity index (χ1n) is 5.82. The molecule has 0 atom stereocenters. The van der Waals surface area contributed by atoms with Crippen LogP contribution < -0.4 is 10.1 Å². The smallest absolute Gasteiger partial charge is 0.161 e. The molecule has 0 unspecified atom stereocenters. The molecule has 2 aromatic rings. The van der Waals surface area contributed by atoms with Crippen molar-refractivity contribution in [3.63, 3.8) is 0 Å². The molecule has 0 saturated carbocycles. The van der Waals surface area contributed by atoms with Crippen LogP contribution in [-0.2, 0) is 0 Å². The van der Waals surface area contributed by atoms with Gasteiger partial charge >= 0.3 is 0 Å². The molecule has 0 aromatic heterocycles. The highest BCUT2D eigenvalue weighted by atomic mass is 19.1. The molecule has 4 heteroatoms. The molecule has 19 heavy (non-hydrogen) atoms. The van der Waals surface area contributed by atoms with Crippen LogP contribution in [0.4, 0.5) is 15.8 Å². The number of benzene rings is 2. The van der Waals surface area contributed by atoms with Gasteiger partial charge in [0.25, 0.3) is 0 Å². The third-order valence-corrected chi connectivity index (χ3v) is 2.75. The first kappa shape index (κ1) is 13.1. The van der Waals surface area contributed by atoms with Gasteiger partial charge in [-0.3, -0.25) is 4.79 Å². The number of Topliss-reactive ketones (excluding diaryl/α,β-unsaturated/α-hetero) is 1. The van der Waals surface area contributed by atoms with E-state index in [0.717, 1.165) is 0 Å². The lowest BCUT2D eigenvalue weighted by atomic mass is 10.1. The fourth-order valence-electron chi connectivity index (χ4n) is 1.77. The molecule has 0 saturated heterocycles. The van der Waals surface area contributed by atoms with Crippen LogP contribution in [0, 0.1) is 5.82 Å². The second-order valence-electron chi connectivity index (χ2n) is 4.07. The van der Waals surface area contributed by atoms with Crippen LogP contribution in [0.5, 0.6) is 5.75 Å². The summed E-state index contributed by atoms with van der Waals surface area (Å²) in [6.07, 6.45) is 0. The van der Waals surface area contributed by atoms with Crippen LogP contribution in [0.25, 0.3) is 0 Å². The number of hydrogen-bond acceptors (Lipinski definition) is 3. The van der Waals surface area contributed by atoms with Gasteiger partial charge in [0.1, 0.15) is 11.6 Å². The Kier molecular flexibility index (Phi) is 3.80. The Labute approximate surface area is 111 Å². The Morgan fingerprint density at radius 2 is 1.89 bits per heavy atom. The Bertz CT molecular complexity index is 611. The topological polar surface area (TPSA) is 38.3 Å². The lowest BCUT2D eigenvalue weighted by Gasteiger charge is -2.11. The Balaban J connectivity index is 2.34. The summed E-state index contributed by atoms with van der Waals surface area (Å²) < 4.78 is 18.8. The van der Waals surface area contributed by atoms with E-state index in [-0.39, 0.29) is 5.78 Å². The Hall–Kier alpha value is -2.36. The van der Waals surface area contributed by atoms with Crippen LogP contribution in [-0.4, -0.2) is 12.9 Å². The quantitative estimate of drug-likeness (QED) is 0.849. The predicted octanol–water partition coefficient (Wildman–Crippen LogP) is 3.78. The molecule has 0 fully saturated rings. The highest BCUT2D eigenvalue weighted by Crippen LogP contribution is 2.26. The number of para-hydroxylation sites is 1. The number of carbonyl (C=O) groups is 1. The number of halogens is 1. The monoisotopic (exact) mass is 259 g/mol. The van der Waals surface area contributed by atoms with Crippen molar-refractivity contribution >= 4 is 17.2 Å². The lowest BCUT2D eigenvalue weighted by molar-refractivity contribution is 0.101. The number of ketones is 1. The van der Waals surface area contributed by atoms with Gasteiger partial charge in [-0.15, -0.1) is 0 Å². The third-order valence-electron chi connectivity index (χ3n) is 2.75. The fourth-order valence-corrected chi connectivity index (χ4v) is 1.77. The van der Waals surface area contributed by atoms with Crippen molar-refractivity contribution in [2.24, 2.45) is 0 Å². The number of ether oxygens (including phenoxy) is 1. The van der Waals surface area contributed by atoms with Crippen molar-refractivity contribution in [3.8, 4) is 5.75 Å². The third kappa shape index (κ3) is 2.91. The van der Waals surface area contributed by atoms with E-state index in [1.807, 2.05) is 0 Å². The summed E-state index contributed by atoms with van der Waals surface area (Å²) >= 11 is 0. The molecular weight excluding hydrogens is 245 g/mol. The summed E-state index contributed by atoms with van der Waals surface area (Å²) in [5, 5.41) is 2.92. The molecule has 2 aromatic carbocycles. The average Bonchev–Trinajstić information content (AvgIpc) is 2.41. The highest BCUT2D eigenvalue weighted by molar-refractivity contribution is 6.00. The SMILES string of the molecule is COc1ccc(Nc2ccccc2C(C)=O)c(F)c1. The summed E-state index contributed by atoms with van der Waals surface area (Å²) in [4.78, 5) is 11.5. The zero-order valence-electron chi connectivity index (χ0n) is 10.7. The largest absolute Gasteiger partial charge is 0.497 e. The first-order chi connectivity index (χ1) is 9.11. The number of nitrogens with one attached hydrogen (secondary N) is 1. The zero-order valence-corrected chi connectivity index (χ0v) is 10.7. The Morgan fingerprint density at radius 1 is 1.16 bits per heavy atom. The molecule has 0 heterocycles. The van der Waals surface area contributed by atoms with Crippen molar-refractivity contribution in [3.05, 3.63) is 53.8 Å². The second kappa shape index (κ2) is 5.52. The number of rotatable bonds is 4. The van der Waals surface area contributed by atoms with Crippen molar-refractivity contribution in [2.45, 2.75) is 6.92 Å². The molecule has 1 N–H and O–H groups in total. The van der Waals surface area contributed by atoms with E-state index in [1.54, 1.807) is 36.4 Å². The van der Waals surface area contributed by atoms with Crippen molar-refractivity contribution < 1.29 is 13.9 Å². The minimum absolute atomic E-state index is 0.0722. The second-order valence-corrected chi connectivity index (χ2v) is 4.07.